The van der Waals surface area contributed by atoms with Crippen molar-refractivity contribution in [2.75, 3.05) is 18.2 Å². The Hall–Kier alpha value is -2.98. The Morgan fingerprint density at radius 1 is 1.28 bits per heavy atom. The molecule has 1 amide bonds. The van der Waals surface area contributed by atoms with E-state index in [-0.39, 0.29) is 11.7 Å². The third kappa shape index (κ3) is 3.84. The molecule has 0 aliphatic heterocycles. The highest BCUT2D eigenvalue weighted by Gasteiger charge is 2.24. The molecule has 1 aliphatic rings. The highest BCUT2D eigenvalue weighted by Crippen LogP contribution is 2.39. The number of methoxy groups -OCH3 is 1. The average Bonchev–Trinajstić information content (AvgIpc) is 3.37. The minimum absolute atomic E-state index is 0.173. The lowest BCUT2D eigenvalue weighted by Gasteiger charge is -2.17. The Morgan fingerprint density at radius 3 is 2.88 bits per heavy atom. The fourth-order valence-corrected chi connectivity index (χ4v) is 6.00. The number of carbonyl (C=O) groups is 2. The van der Waals surface area contributed by atoms with Crippen LogP contribution in [-0.4, -0.2) is 44.3 Å². The average molecular weight is 468 g/mol. The zero-order valence-corrected chi connectivity index (χ0v) is 19.3. The SMILES string of the molecule is COC(=O)c1ccc(NC(=O)CSc2nnc3c4c5c(sc4ncn23)CC(C)CC5)cc1. The Bertz CT molecular complexity index is 1330. The van der Waals surface area contributed by atoms with Gasteiger partial charge in [-0.3, -0.25) is 9.20 Å². The number of rotatable bonds is 5. The number of carbonyl (C=O) groups excluding carboxylic acids is 2. The number of ether oxygens (including phenoxy) is 1. The van der Waals surface area contributed by atoms with Gasteiger partial charge in [0.05, 0.1) is 23.8 Å². The molecule has 164 valence electrons. The lowest BCUT2D eigenvalue weighted by molar-refractivity contribution is -0.113. The van der Waals surface area contributed by atoms with E-state index in [0.29, 0.717) is 22.3 Å². The van der Waals surface area contributed by atoms with Gasteiger partial charge >= 0.3 is 5.97 Å². The first-order valence-corrected chi connectivity index (χ1v) is 12.1. The first-order valence-electron chi connectivity index (χ1n) is 10.3. The number of hydrogen-bond donors (Lipinski definition) is 1. The van der Waals surface area contributed by atoms with Crippen LogP contribution in [0.3, 0.4) is 0 Å². The van der Waals surface area contributed by atoms with Crippen molar-refractivity contribution >= 4 is 56.5 Å². The third-order valence-corrected chi connectivity index (χ3v) is 7.70. The lowest BCUT2D eigenvalue weighted by atomic mass is 9.89. The van der Waals surface area contributed by atoms with Gasteiger partial charge in [-0.25, -0.2) is 9.78 Å². The quantitative estimate of drug-likeness (QED) is 0.350. The lowest BCUT2D eigenvalue weighted by Crippen LogP contribution is -2.14. The van der Waals surface area contributed by atoms with Crippen molar-refractivity contribution in [3.05, 3.63) is 46.6 Å². The second-order valence-electron chi connectivity index (χ2n) is 7.86. The van der Waals surface area contributed by atoms with Crippen LogP contribution in [0.25, 0.3) is 15.9 Å². The van der Waals surface area contributed by atoms with Crippen LogP contribution in [0.5, 0.6) is 0 Å². The number of fused-ring (bicyclic) bond motifs is 5. The largest absolute Gasteiger partial charge is 0.465 e. The molecule has 5 rings (SSSR count). The fraction of sp³-hybridized carbons (Fsp3) is 0.318. The fourth-order valence-electron chi connectivity index (χ4n) is 3.95. The first kappa shape index (κ1) is 20.9. The molecule has 3 aromatic heterocycles. The number of nitrogens with zero attached hydrogens (tertiary/aromatic N) is 4. The molecule has 1 aromatic carbocycles. The van der Waals surface area contributed by atoms with Crippen LogP contribution in [0, 0.1) is 5.92 Å². The van der Waals surface area contributed by atoms with E-state index in [1.54, 1.807) is 41.9 Å². The van der Waals surface area contributed by atoms with E-state index in [1.807, 2.05) is 4.40 Å². The molecule has 0 fully saturated rings. The third-order valence-electron chi connectivity index (χ3n) is 5.59. The summed E-state index contributed by atoms with van der Waals surface area (Å²) >= 11 is 3.07. The molecular weight excluding hydrogens is 446 g/mol. The molecule has 8 nitrogen and oxygen atoms in total. The Kier molecular flexibility index (Phi) is 5.56. The summed E-state index contributed by atoms with van der Waals surface area (Å²) in [6.45, 7) is 2.29. The van der Waals surface area contributed by atoms with Gasteiger partial charge in [-0.15, -0.1) is 21.5 Å². The van der Waals surface area contributed by atoms with Crippen molar-refractivity contribution in [2.45, 2.75) is 31.3 Å². The van der Waals surface area contributed by atoms with Crippen molar-refractivity contribution in [1.82, 2.24) is 19.6 Å². The van der Waals surface area contributed by atoms with Gasteiger partial charge in [0.15, 0.2) is 10.8 Å². The molecular formula is C22H21N5O3S2. The Morgan fingerprint density at radius 2 is 2.09 bits per heavy atom. The monoisotopic (exact) mass is 467 g/mol. The van der Waals surface area contributed by atoms with Crippen LogP contribution in [0.1, 0.15) is 34.1 Å². The topological polar surface area (TPSA) is 98.5 Å². The molecule has 1 unspecified atom stereocenters. The second kappa shape index (κ2) is 8.51. The molecule has 0 spiro atoms. The van der Waals surface area contributed by atoms with Crippen molar-refractivity contribution < 1.29 is 14.3 Å². The molecule has 10 heteroatoms. The van der Waals surface area contributed by atoms with Gasteiger partial charge in [-0.05, 0) is 55.0 Å². The molecule has 1 aliphatic carbocycles. The second-order valence-corrected chi connectivity index (χ2v) is 9.88. The number of nitrogens with one attached hydrogen (secondary N) is 1. The molecule has 0 radical (unpaired) electrons. The van der Waals surface area contributed by atoms with Gasteiger partial charge in [0.2, 0.25) is 5.91 Å². The molecule has 32 heavy (non-hydrogen) atoms. The van der Waals surface area contributed by atoms with Gasteiger partial charge in [-0.1, -0.05) is 18.7 Å². The van der Waals surface area contributed by atoms with Gasteiger partial charge < -0.3 is 10.1 Å². The standard InChI is InChI=1S/C22H21N5O3S2/c1-12-3-8-15-16(9-12)32-20-18(15)19-25-26-22(27(19)11-23-20)31-10-17(28)24-14-6-4-13(5-7-14)21(29)30-2/h4-7,11-12H,3,8-10H2,1-2H3,(H,24,28). The molecule has 0 bridgehead atoms. The smallest absolute Gasteiger partial charge is 0.337 e. The number of hydrogen-bond acceptors (Lipinski definition) is 8. The molecule has 0 saturated heterocycles. The van der Waals surface area contributed by atoms with Gasteiger partial charge in [0, 0.05) is 10.6 Å². The Balaban J connectivity index is 1.31. The number of aromatic nitrogens is 4. The van der Waals surface area contributed by atoms with E-state index in [0.717, 1.165) is 28.7 Å². The summed E-state index contributed by atoms with van der Waals surface area (Å²) < 4.78 is 6.55. The van der Waals surface area contributed by atoms with Crippen LogP contribution >= 0.6 is 23.1 Å². The molecule has 1 atom stereocenters. The molecule has 4 aromatic rings. The number of thioether (sulfide) groups is 1. The van der Waals surface area contributed by atoms with Gasteiger partial charge in [-0.2, -0.15) is 0 Å². The zero-order valence-electron chi connectivity index (χ0n) is 17.6. The number of thiophene rings is 1. The van der Waals surface area contributed by atoms with E-state index < -0.39 is 5.97 Å². The van der Waals surface area contributed by atoms with Crippen LogP contribution < -0.4 is 5.32 Å². The first-order chi connectivity index (χ1) is 15.5. The predicted octanol–water partition coefficient (Wildman–Crippen LogP) is 3.98. The number of anilines is 1. The van der Waals surface area contributed by atoms with E-state index in [4.69, 9.17) is 0 Å². The van der Waals surface area contributed by atoms with Crippen molar-refractivity contribution in [3.63, 3.8) is 0 Å². The zero-order chi connectivity index (χ0) is 22.2. The Labute approximate surface area is 192 Å². The number of amides is 1. The summed E-state index contributed by atoms with van der Waals surface area (Å²) in [6, 6.07) is 6.56. The van der Waals surface area contributed by atoms with Gasteiger partial charge in [0.1, 0.15) is 11.2 Å². The van der Waals surface area contributed by atoms with Crippen LogP contribution in [0.2, 0.25) is 0 Å². The predicted molar refractivity (Wildman–Crippen MR) is 124 cm³/mol. The summed E-state index contributed by atoms with van der Waals surface area (Å²) in [5, 5.41) is 13.3. The number of esters is 1. The molecule has 3 heterocycles. The van der Waals surface area contributed by atoms with Crippen molar-refractivity contribution in [1.29, 1.82) is 0 Å². The summed E-state index contributed by atoms with van der Waals surface area (Å²) in [7, 11) is 1.33. The summed E-state index contributed by atoms with van der Waals surface area (Å²) in [4.78, 5) is 31.0. The van der Waals surface area contributed by atoms with E-state index in [2.05, 4.69) is 32.2 Å². The maximum absolute atomic E-state index is 12.4. The molecule has 1 N–H and O–H groups in total. The summed E-state index contributed by atoms with van der Waals surface area (Å²) in [5.74, 6) is 0.289. The van der Waals surface area contributed by atoms with Crippen LogP contribution in [0.15, 0.2) is 35.7 Å². The maximum atomic E-state index is 12.4. The normalized spacial score (nSPS) is 15.6. The summed E-state index contributed by atoms with van der Waals surface area (Å²) in [5.41, 5.74) is 3.21. The van der Waals surface area contributed by atoms with E-state index in [1.165, 1.54) is 35.7 Å². The highest BCUT2D eigenvalue weighted by molar-refractivity contribution is 7.99. The van der Waals surface area contributed by atoms with Crippen molar-refractivity contribution in [3.8, 4) is 0 Å². The minimum atomic E-state index is -0.416. The molecule has 0 saturated carbocycles. The highest BCUT2D eigenvalue weighted by atomic mass is 32.2. The van der Waals surface area contributed by atoms with E-state index in [9.17, 15) is 9.59 Å². The maximum Gasteiger partial charge on any atom is 0.337 e. The van der Waals surface area contributed by atoms with Crippen LogP contribution in [-0.2, 0) is 22.4 Å². The van der Waals surface area contributed by atoms with Gasteiger partial charge in [0.25, 0.3) is 0 Å². The van der Waals surface area contributed by atoms with E-state index >= 15 is 0 Å². The summed E-state index contributed by atoms with van der Waals surface area (Å²) in [6.07, 6.45) is 5.06. The minimum Gasteiger partial charge on any atom is -0.465 e. The number of benzene rings is 1. The number of aryl methyl sites for hydroxylation is 1. The van der Waals surface area contributed by atoms with Crippen LogP contribution in [0.4, 0.5) is 5.69 Å². The van der Waals surface area contributed by atoms with Crippen molar-refractivity contribution in [2.24, 2.45) is 5.92 Å².